The first kappa shape index (κ1) is 25.3. The predicted molar refractivity (Wildman–Crippen MR) is 132 cm³/mol. The van der Waals surface area contributed by atoms with Crippen molar-refractivity contribution in [3.05, 3.63) is 64.7 Å². The van der Waals surface area contributed by atoms with Crippen LogP contribution in [0.15, 0.2) is 48.0 Å². The highest BCUT2D eigenvalue weighted by atomic mass is 16.5. The highest BCUT2D eigenvalue weighted by Gasteiger charge is 2.46. The second-order valence-corrected chi connectivity index (χ2v) is 8.21. The lowest BCUT2D eigenvalue weighted by atomic mass is 9.94. The lowest BCUT2D eigenvalue weighted by Crippen LogP contribution is -2.38. The summed E-state index contributed by atoms with van der Waals surface area (Å²) in [5, 5.41) is 11.3. The zero-order valence-electron chi connectivity index (χ0n) is 20.6. The van der Waals surface area contributed by atoms with Crippen molar-refractivity contribution in [3.8, 4) is 11.5 Å². The van der Waals surface area contributed by atoms with Gasteiger partial charge in [-0.2, -0.15) is 0 Å². The van der Waals surface area contributed by atoms with Gasteiger partial charge in [-0.3, -0.25) is 9.59 Å². The first-order valence-electron chi connectivity index (χ1n) is 11.7. The number of hydrogen-bond donors (Lipinski definition) is 1. The number of hydrogen-bond acceptors (Lipinski definition) is 6. The summed E-state index contributed by atoms with van der Waals surface area (Å²) < 4.78 is 10.9. The molecule has 3 rings (SSSR count). The number of aliphatic hydroxyl groups is 1. The van der Waals surface area contributed by atoms with Gasteiger partial charge >= 0.3 is 0 Å². The monoisotopic (exact) mass is 466 g/mol. The number of carbonyl (C=O) groups is 2. The number of ketones is 1. The summed E-state index contributed by atoms with van der Waals surface area (Å²) in [5.74, 6) is -0.0769. The molecule has 7 heteroatoms. The van der Waals surface area contributed by atoms with E-state index in [1.54, 1.807) is 30.2 Å². The lowest BCUT2D eigenvalue weighted by Gasteiger charge is -2.28. The van der Waals surface area contributed by atoms with Crippen LogP contribution in [0.5, 0.6) is 11.5 Å². The van der Waals surface area contributed by atoms with E-state index in [-0.39, 0.29) is 11.3 Å². The van der Waals surface area contributed by atoms with Gasteiger partial charge < -0.3 is 24.4 Å². The average Bonchev–Trinajstić information content (AvgIpc) is 3.10. The molecule has 1 saturated heterocycles. The van der Waals surface area contributed by atoms with E-state index in [0.717, 1.165) is 24.2 Å². The zero-order valence-corrected chi connectivity index (χ0v) is 20.6. The Morgan fingerprint density at radius 3 is 2.29 bits per heavy atom. The van der Waals surface area contributed by atoms with E-state index in [2.05, 4.69) is 18.7 Å². The minimum atomic E-state index is -0.686. The minimum Gasteiger partial charge on any atom is -0.507 e. The Balaban J connectivity index is 2.09. The van der Waals surface area contributed by atoms with E-state index < -0.39 is 17.7 Å². The maximum atomic E-state index is 13.2. The van der Waals surface area contributed by atoms with Crippen molar-refractivity contribution in [2.45, 2.75) is 33.7 Å². The summed E-state index contributed by atoms with van der Waals surface area (Å²) in [6.07, 6.45) is 0. The van der Waals surface area contributed by atoms with Gasteiger partial charge in [0.2, 0.25) is 0 Å². The number of carbonyl (C=O) groups excluding carboxylic acids is 2. The largest absolute Gasteiger partial charge is 0.507 e. The molecule has 2 aromatic carbocycles. The highest BCUT2D eigenvalue weighted by Crippen LogP contribution is 2.40. The summed E-state index contributed by atoms with van der Waals surface area (Å²) in [7, 11) is 1.58. The number of methoxy groups -OCH3 is 1. The molecular weight excluding hydrogens is 432 g/mol. The number of aryl methyl sites for hydroxylation is 1. The second-order valence-electron chi connectivity index (χ2n) is 8.21. The quantitative estimate of drug-likeness (QED) is 0.322. The van der Waals surface area contributed by atoms with Crippen LogP contribution < -0.4 is 9.47 Å². The van der Waals surface area contributed by atoms with Gasteiger partial charge in [0.15, 0.2) is 0 Å². The molecule has 7 nitrogen and oxygen atoms in total. The van der Waals surface area contributed by atoms with E-state index in [0.29, 0.717) is 36.8 Å². The molecule has 1 unspecified atom stereocenters. The molecule has 0 saturated carbocycles. The van der Waals surface area contributed by atoms with Gasteiger partial charge in [-0.15, -0.1) is 0 Å². The molecule has 1 fully saturated rings. The SMILES string of the molecule is CCOc1ccc(C2/C(=C(/O)c3ccc(OC)c(C)c3)C(=O)C(=O)N2CCN(CC)CC)cc1. The molecule has 0 spiro atoms. The maximum Gasteiger partial charge on any atom is 0.295 e. The molecule has 1 aliphatic heterocycles. The van der Waals surface area contributed by atoms with Crippen LogP contribution in [-0.2, 0) is 9.59 Å². The second kappa shape index (κ2) is 11.2. The number of aliphatic hydroxyl groups excluding tert-OH is 1. The van der Waals surface area contributed by atoms with Gasteiger partial charge in [0.25, 0.3) is 11.7 Å². The molecule has 1 amide bonds. The normalized spacial score (nSPS) is 17.5. The molecule has 1 N–H and O–H groups in total. The van der Waals surface area contributed by atoms with Gasteiger partial charge in [0.1, 0.15) is 17.3 Å². The zero-order chi connectivity index (χ0) is 24.8. The minimum absolute atomic E-state index is 0.0956. The maximum absolute atomic E-state index is 13.2. The van der Waals surface area contributed by atoms with Crippen molar-refractivity contribution < 1.29 is 24.2 Å². The summed E-state index contributed by atoms with van der Waals surface area (Å²) >= 11 is 0. The van der Waals surface area contributed by atoms with Crippen molar-refractivity contribution in [2.75, 3.05) is 39.9 Å². The number of likely N-dealkylation sites (N-methyl/N-ethyl adjacent to an activating group) is 1. The van der Waals surface area contributed by atoms with Crippen molar-refractivity contribution in [3.63, 3.8) is 0 Å². The Hall–Kier alpha value is -3.32. The molecule has 1 atom stereocenters. The van der Waals surface area contributed by atoms with E-state index in [9.17, 15) is 14.7 Å². The van der Waals surface area contributed by atoms with Gasteiger partial charge in [0, 0.05) is 18.7 Å². The summed E-state index contributed by atoms with van der Waals surface area (Å²) in [5.41, 5.74) is 2.13. The van der Waals surface area contributed by atoms with E-state index >= 15 is 0 Å². The highest BCUT2D eigenvalue weighted by molar-refractivity contribution is 6.46. The molecule has 34 heavy (non-hydrogen) atoms. The fourth-order valence-electron chi connectivity index (χ4n) is 4.34. The van der Waals surface area contributed by atoms with Crippen LogP contribution >= 0.6 is 0 Å². The van der Waals surface area contributed by atoms with Crippen LogP contribution in [0, 0.1) is 6.92 Å². The molecule has 182 valence electrons. The van der Waals surface area contributed by atoms with Crippen molar-refractivity contribution in [1.29, 1.82) is 0 Å². The van der Waals surface area contributed by atoms with E-state index in [1.807, 2.05) is 38.1 Å². The van der Waals surface area contributed by atoms with Crippen LogP contribution in [0.1, 0.15) is 43.5 Å². The summed E-state index contributed by atoms with van der Waals surface area (Å²) in [4.78, 5) is 30.1. The third-order valence-electron chi connectivity index (χ3n) is 6.27. The van der Waals surface area contributed by atoms with Gasteiger partial charge in [-0.25, -0.2) is 0 Å². The van der Waals surface area contributed by atoms with E-state index in [4.69, 9.17) is 9.47 Å². The summed E-state index contributed by atoms with van der Waals surface area (Å²) in [6.45, 7) is 11.1. The number of benzene rings is 2. The van der Waals surface area contributed by atoms with Gasteiger partial charge in [-0.05, 0) is 68.4 Å². The molecule has 1 heterocycles. The van der Waals surface area contributed by atoms with Crippen molar-refractivity contribution in [2.24, 2.45) is 0 Å². The fourth-order valence-corrected chi connectivity index (χ4v) is 4.34. The molecule has 0 bridgehead atoms. The lowest BCUT2D eigenvalue weighted by molar-refractivity contribution is -0.140. The van der Waals surface area contributed by atoms with Crippen LogP contribution in [-0.4, -0.2) is 66.5 Å². The number of amides is 1. The molecule has 1 aliphatic rings. The standard InChI is InChI=1S/C27H34N2O5/c1-6-28(7-2)15-16-29-24(19-9-12-21(13-10-19)34-8-3)23(26(31)27(29)32)25(30)20-11-14-22(33-5)18(4)17-20/h9-14,17,24,30H,6-8,15-16H2,1-5H3/b25-23-. The van der Waals surface area contributed by atoms with E-state index in [1.165, 1.54) is 0 Å². The van der Waals surface area contributed by atoms with Crippen molar-refractivity contribution in [1.82, 2.24) is 9.80 Å². The third kappa shape index (κ3) is 5.09. The number of rotatable bonds is 10. The molecular formula is C27H34N2O5. The molecule has 0 radical (unpaired) electrons. The molecule has 0 aliphatic carbocycles. The van der Waals surface area contributed by atoms with Crippen LogP contribution in [0.4, 0.5) is 0 Å². The van der Waals surface area contributed by atoms with Crippen molar-refractivity contribution >= 4 is 17.4 Å². The number of nitrogens with zero attached hydrogens (tertiary/aromatic N) is 2. The topological polar surface area (TPSA) is 79.3 Å². The Labute approximate surface area is 201 Å². The fraction of sp³-hybridized carbons (Fsp3) is 0.407. The first-order chi connectivity index (χ1) is 16.4. The van der Waals surface area contributed by atoms with Gasteiger partial charge in [0.05, 0.1) is 25.3 Å². The Morgan fingerprint density at radius 1 is 1.06 bits per heavy atom. The van der Waals surface area contributed by atoms with Crippen LogP contribution in [0.3, 0.4) is 0 Å². The Bertz CT molecular complexity index is 1060. The van der Waals surface area contributed by atoms with Crippen LogP contribution in [0.2, 0.25) is 0 Å². The third-order valence-corrected chi connectivity index (χ3v) is 6.27. The number of likely N-dealkylation sites (tertiary alicyclic amines) is 1. The number of ether oxygens (including phenoxy) is 2. The average molecular weight is 467 g/mol. The Morgan fingerprint density at radius 2 is 1.74 bits per heavy atom. The molecule has 0 aromatic heterocycles. The smallest absolute Gasteiger partial charge is 0.295 e. The summed E-state index contributed by atoms with van der Waals surface area (Å²) in [6, 6.07) is 11.8. The Kier molecular flexibility index (Phi) is 8.34. The predicted octanol–water partition coefficient (Wildman–Crippen LogP) is 4.17. The van der Waals surface area contributed by atoms with Crippen LogP contribution in [0.25, 0.3) is 5.76 Å². The molecule has 2 aromatic rings. The number of Topliss-reactive ketones (excluding diaryl/α,β-unsaturated/α-hetero) is 1. The van der Waals surface area contributed by atoms with Gasteiger partial charge in [-0.1, -0.05) is 26.0 Å². The first-order valence-corrected chi connectivity index (χ1v) is 11.7.